The molecule has 1 N–H and O–H groups in total. The lowest BCUT2D eigenvalue weighted by Gasteiger charge is -2.32. The second kappa shape index (κ2) is 5.32. The van der Waals surface area contributed by atoms with E-state index in [9.17, 15) is 4.79 Å². The van der Waals surface area contributed by atoms with Crippen LogP contribution in [0.5, 0.6) is 5.75 Å². The van der Waals surface area contributed by atoms with Crippen LogP contribution in [-0.2, 0) is 0 Å². The van der Waals surface area contributed by atoms with Crippen LogP contribution in [0.4, 0.5) is 0 Å². The molecule has 0 saturated carbocycles. The van der Waals surface area contributed by atoms with Gasteiger partial charge in [-0.25, -0.2) is 0 Å². The van der Waals surface area contributed by atoms with Crippen molar-refractivity contribution in [1.29, 1.82) is 0 Å². The first kappa shape index (κ1) is 12.1. The van der Waals surface area contributed by atoms with E-state index in [4.69, 9.17) is 4.74 Å². The van der Waals surface area contributed by atoms with Gasteiger partial charge < -0.3 is 10.1 Å². The first-order chi connectivity index (χ1) is 8.24. The SMILES string of the molecule is CCOc1ccccc1C(=O)C(C)C1CNC1. The van der Waals surface area contributed by atoms with Crippen LogP contribution in [0.2, 0.25) is 0 Å². The summed E-state index contributed by atoms with van der Waals surface area (Å²) in [5, 5.41) is 3.20. The number of hydrogen-bond donors (Lipinski definition) is 1. The monoisotopic (exact) mass is 233 g/mol. The van der Waals surface area contributed by atoms with Crippen LogP contribution in [0.1, 0.15) is 24.2 Å². The zero-order valence-corrected chi connectivity index (χ0v) is 10.4. The number of para-hydroxylation sites is 1. The number of Topliss-reactive ketones (excluding diaryl/α,β-unsaturated/α-hetero) is 1. The molecule has 0 spiro atoms. The van der Waals surface area contributed by atoms with E-state index in [-0.39, 0.29) is 11.7 Å². The third-order valence-corrected chi connectivity index (χ3v) is 3.39. The van der Waals surface area contributed by atoms with Crippen LogP contribution >= 0.6 is 0 Å². The lowest BCUT2D eigenvalue weighted by atomic mass is 9.83. The average molecular weight is 233 g/mol. The van der Waals surface area contributed by atoms with Gasteiger partial charge in [-0.1, -0.05) is 19.1 Å². The molecular weight excluding hydrogens is 214 g/mol. The van der Waals surface area contributed by atoms with Gasteiger partial charge in [0.05, 0.1) is 12.2 Å². The van der Waals surface area contributed by atoms with Gasteiger partial charge in [0.15, 0.2) is 5.78 Å². The van der Waals surface area contributed by atoms with Crippen LogP contribution in [0.15, 0.2) is 24.3 Å². The molecule has 0 aromatic heterocycles. The second-order valence-electron chi connectivity index (χ2n) is 4.50. The van der Waals surface area contributed by atoms with Crippen molar-refractivity contribution in [2.24, 2.45) is 11.8 Å². The summed E-state index contributed by atoms with van der Waals surface area (Å²) in [4.78, 5) is 12.4. The summed E-state index contributed by atoms with van der Waals surface area (Å²) in [6.07, 6.45) is 0. The summed E-state index contributed by atoms with van der Waals surface area (Å²) in [6.45, 7) is 6.42. The van der Waals surface area contributed by atoms with Crippen LogP contribution in [0.25, 0.3) is 0 Å². The number of benzene rings is 1. The van der Waals surface area contributed by atoms with E-state index in [0.717, 1.165) is 13.1 Å². The Morgan fingerprint density at radius 3 is 2.76 bits per heavy atom. The van der Waals surface area contributed by atoms with E-state index in [2.05, 4.69) is 5.32 Å². The fraction of sp³-hybridized carbons (Fsp3) is 0.500. The van der Waals surface area contributed by atoms with E-state index in [1.165, 1.54) is 0 Å². The van der Waals surface area contributed by atoms with Gasteiger partial charge >= 0.3 is 0 Å². The summed E-state index contributed by atoms with van der Waals surface area (Å²) in [7, 11) is 0. The van der Waals surface area contributed by atoms with Crippen molar-refractivity contribution in [3.05, 3.63) is 29.8 Å². The molecule has 3 nitrogen and oxygen atoms in total. The molecule has 0 aliphatic carbocycles. The maximum atomic E-state index is 12.4. The molecule has 1 aliphatic heterocycles. The molecule has 17 heavy (non-hydrogen) atoms. The minimum absolute atomic E-state index is 0.0675. The molecule has 0 amide bonds. The normalized spacial score (nSPS) is 17.3. The molecule has 92 valence electrons. The van der Waals surface area contributed by atoms with E-state index in [1.54, 1.807) is 0 Å². The minimum atomic E-state index is 0.0675. The highest BCUT2D eigenvalue weighted by molar-refractivity contribution is 6.00. The number of rotatable bonds is 5. The highest BCUT2D eigenvalue weighted by Crippen LogP contribution is 2.26. The molecule has 1 aromatic carbocycles. The Morgan fingerprint density at radius 2 is 2.18 bits per heavy atom. The van der Waals surface area contributed by atoms with E-state index < -0.39 is 0 Å². The number of ketones is 1. The van der Waals surface area contributed by atoms with Crippen LogP contribution in [0.3, 0.4) is 0 Å². The second-order valence-corrected chi connectivity index (χ2v) is 4.50. The topological polar surface area (TPSA) is 38.3 Å². The largest absolute Gasteiger partial charge is 0.493 e. The van der Waals surface area contributed by atoms with E-state index >= 15 is 0 Å². The maximum absolute atomic E-state index is 12.4. The quantitative estimate of drug-likeness (QED) is 0.792. The lowest BCUT2D eigenvalue weighted by molar-refractivity contribution is 0.0850. The number of nitrogens with one attached hydrogen (secondary N) is 1. The smallest absolute Gasteiger partial charge is 0.169 e. The predicted molar refractivity (Wildman–Crippen MR) is 67.5 cm³/mol. The van der Waals surface area contributed by atoms with E-state index in [0.29, 0.717) is 23.8 Å². The molecule has 1 unspecified atom stereocenters. The zero-order valence-electron chi connectivity index (χ0n) is 10.4. The Hall–Kier alpha value is -1.35. The van der Waals surface area contributed by atoms with Crippen molar-refractivity contribution >= 4 is 5.78 Å². The van der Waals surface area contributed by atoms with Gasteiger partial charge in [-0.15, -0.1) is 0 Å². The molecule has 1 atom stereocenters. The van der Waals surface area contributed by atoms with Crippen molar-refractivity contribution in [1.82, 2.24) is 5.32 Å². The highest BCUT2D eigenvalue weighted by atomic mass is 16.5. The molecule has 1 saturated heterocycles. The number of hydrogen-bond acceptors (Lipinski definition) is 3. The molecule has 3 heteroatoms. The molecule has 1 aliphatic rings. The standard InChI is InChI=1S/C14H19NO2/c1-3-17-13-7-5-4-6-12(13)14(16)10(2)11-8-15-9-11/h4-7,10-11,15H,3,8-9H2,1-2H3. The van der Waals surface area contributed by atoms with Crippen LogP contribution in [-0.4, -0.2) is 25.5 Å². The van der Waals surface area contributed by atoms with Crippen molar-refractivity contribution in [3.8, 4) is 5.75 Å². The Kier molecular flexibility index (Phi) is 3.79. The highest BCUT2D eigenvalue weighted by Gasteiger charge is 2.30. The fourth-order valence-corrected chi connectivity index (χ4v) is 2.08. The maximum Gasteiger partial charge on any atom is 0.169 e. The third kappa shape index (κ3) is 2.50. The number of carbonyl (C=O) groups excluding carboxylic acids is 1. The molecule has 2 rings (SSSR count). The molecule has 1 heterocycles. The minimum Gasteiger partial charge on any atom is -0.493 e. The Morgan fingerprint density at radius 1 is 1.47 bits per heavy atom. The van der Waals surface area contributed by atoms with Gasteiger partial charge in [0.25, 0.3) is 0 Å². The molecule has 1 aromatic rings. The number of ether oxygens (including phenoxy) is 1. The van der Waals surface area contributed by atoms with Crippen molar-refractivity contribution in [2.45, 2.75) is 13.8 Å². The molecule has 0 radical (unpaired) electrons. The van der Waals surface area contributed by atoms with Gasteiger partial charge in [-0.2, -0.15) is 0 Å². The van der Waals surface area contributed by atoms with Gasteiger partial charge in [-0.05, 0) is 38.1 Å². The zero-order chi connectivity index (χ0) is 12.3. The van der Waals surface area contributed by atoms with Crippen molar-refractivity contribution in [2.75, 3.05) is 19.7 Å². The van der Waals surface area contributed by atoms with E-state index in [1.807, 2.05) is 38.1 Å². The van der Waals surface area contributed by atoms with Crippen molar-refractivity contribution in [3.63, 3.8) is 0 Å². The molecule has 1 fully saturated rings. The Labute approximate surface area is 102 Å². The van der Waals surface area contributed by atoms with Crippen molar-refractivity contribution < 1.29 is 9.53 Å². The number of carbonyl (C=O) groups is 1. The van der Waals surface area contributed by atoms with Crippen LogP contribution in [0, 0.1) is 11.8 Å². The first-order valence-corrected chi connectivity index (χ1v) is 6.20. The fourth-order valence-electron chi connectivity index (χ4n) is 2.08. The van der Waals surface area contributed by atoms with Gasteiger partial charge in [0.1, 0.15) is 5.75 Å². The summed E-state index contributed by atoms with van der Waals surface area (Å²) in [5.41, 5.74) is 0.716. The van der Waals surface area contributed by atoms with Gasteiger partial charge in [0, 0.05) is 5.92 Å². The first-order valence-electron chi connectivity index (χ1n) is 6.20. The molecular formula is C14H19NO2. The Bertz CT molecular complexity index is 399. The third-order valence-electron chi connectivity index (χ3n) is 3.39. The summed E-state index contributed by atoms with van der Waals surface area (Å²) < 4.78 is 5.50. The summed E-state index contributed by atoms with van der Waals surface area (Å²) in [5.74, 6) is 1.44. The predicted octanol–water partition coefficient (Wildman–Crippen LogP) is 2.12. The Balaban J connectivity index is 2.17. The summed E-state index contributed by atoms with van der Waals surface area (Å²) >= 11 is 0. The van der Waals surface area contributed by atoms with Crippen LogP contribution < -0.4 is 10.1 Å². The average Bonchev–Trinajstić information content (AvgIpc) is 2.27. The molecule has 0 bridgehead atoms. The summed E-state index contributed by atoms with van der Waals surface area (Å²) in [6, 6.07) is 7.51. The van der Waals surface area contributed by atoms with Gasteiger partial charge in [0.2, 0.25) is 0 Å². The lowest BCUT2D eigenvalue weighted by Crippen LogP contribution is -2.47. The van der Waals surface area contributed by atoms with Gasteiger partial charge in [-0.3, -0.25) is 4.79 Å².